The Bertz CT molecular complexity index is 558. The van der Waals surface area contributed by atoms with Crippen LogP contribution in [0.5, 0.6) is 0 Å². The molecule has 0 aromatic rings. The van der Waals surface area contributed by atoms with Crippen LogP contribution >= 0.6 is 0 Å². The number of hydrogen-bond donors (Lipinski definition) is 1. The minimum atomic E-state index is 0.434. The smallest absolute Gasteiger partial charge is 0.127 e. The molecule has 1 unspecified atom stereocenters. The molecule has 4 nitrogen and oxygen atoms in total. The maximum atomic E-state index is 10.8. The first-order valence-electron chi connectivity index (χ1n) is 10.7. The van der Waals surface area contributed by atoms with Gasteiger partial charge in [0.15, 0.2) is 0 Å². The SMILES string of the molecule is C=N/C(=C\C=C(/CCC)C(=C)NC1CCCCC1)N1CCCC(CC=O)C1. The fourth-order valence-corrected chi connectivity index (χ4v) is 4.23. The number of likely N-dealkylation sites (tertiary alicyclic amines) is 1. The van der Waals surface area contributed by atoms with Crippen molar-refractivity contribution in [2.24, 2.45) is 10.9 Å². The van der Waals surface area contributed by atoms with E-state index in [0.717, 1.165) is 56.6 Å². The van der Waals surface area contributed by atoms with Gasteiger partial charge in [-0.1, -0.05) is 45.3 Å². The molecule has 1 aliphatic heterocycles. The summed E-state index contributed by atoms with van der Waals surface area (Å²) in [4.78, 5) is 17.4. The zero-order valence-corrected chi connectivity index (χ0v) is 17.1. The summed E-state index contributed by atoms with van der Waals surface area (Å²) in [6.45, 7) is 12.2. The summed E-state index contributed by atoms with van der Waals surface area (Å²) >= 11 is 0. The molecule has 27 heavy (non-hydrogen) atoms. The summed E-state index contributed by atoms with van der Waals surface area (Å²) < 4.78 is 0. The van der Waals surface area contributed by atoms with Crippen molar-refractivity contribution in [2.75, 3.05) is 13.1 Å². The molecule has 0 radical (unpaired) electrons. The van der Waals surface area contributed by atoms with E-state index in [2.05, 4.69) is 47.6 Å². The van der Waals surface area contributed by atoms with Gasteiger partial charge in [0.05, 0.1) is 0 Å². The number of piperidine rings is 1. The lowest BCUT2D eigenvalue weighted by atomic mass is 9.94. The van der Waals surface area contributed by atoms with E-state index in [1.165, 1.54) is 37.7 Å². The predicted octanol–water partition coefficient (Wildman–Crippen LogP) is 4.99. The first-order valence-corrected chi connectivity index (χ1v) is 10.7. The van der Waals surface area contributed by atoms with Crippen LogP contribution in [0.4, 0.5) is 0 Å². The molecule has 0 aromatic carbocycles. The Kier molecular flexibility index (Phi) is 9.37. The largest absolute Gasteiger partial charge is 0.383 e. The highest BCUT2D eigenvalue weighted by Gasteiger charge is 2.20. The number of aliphatic imine (C=N–C) groups is 1. The topological polar surface area (TPSA) is 44.7 Å². The molecular formula is C23H37N3O. The lowest BCUT2D eigenvalue weighted by Gasteiger charge is -2.33. The average Bonchev–Trinajstić information content (AvgIpc) is 2.69. The highest BCUT2D eigenvalue weighted by Crippen LogP contribution is 2.24. The molecule has 0 bridgehead atoms. The second-order valence-electron chi connectivity index (χ2n) is 7.94. The predicted molar refractivity (Wildman–Crippen MR) is 115 cm³/mol. The van der Waals surface area contributed by atoms with E-state index in [-0.39, 0.29) is 0 Å². The Labute approximate surface area is 165 Å². The molecule has 1 N–H and O–H groups in total. The Morgan fingerprint density at radius 2 is 1.96 bits per heavy atom. The van der Waals surface area contributed by atoms with E-state index in [0.29, 0.717) is 18.4 Å². The van der Waals surface area contributed by atoms with Crippen LogP contribution in [0.15, 0.2) is 40.8 Å². The molecule has 1 aliphatic carbocycles. The Morgan fingerprint density at radius 1 is 1.19 bits per heavy atom. The van der Waals surface area contributed by atoms with Gasteiger partial charge < -0.3 is 15.0 Å². The molecule has 0 aromatic heterocycles. The fraction of sp³-hybridized carbons (Fsp3) is 0.652. The van der Waals surface area contributed by atoms with Crippen LogP contribution < -0.4 is 5.32 Å². The molecule has 2 fully saturated rings. The maximum absolute atomic E-state index is 10.8. The first-order chi connectivity index (χ1) is 13.2. The second-order valence-corrected chi connectivity index (χ2v) is 7.94. The summed E-state index contributed by atoms with van der Waals surface area (Å²) in [7, 11) is 0. The van der Waals surface area contributed by atoms with E-state index in [4.69, 9.17) is 0 Å². The van der Waals surface area contributed by atoms with Crippen molar-refractivity contribution in [1.29, 1.82) is 0 Å². The van der Waals surface area contributed by atoms with Crippen LogP contribution in [0.1, 0.15) is 71.1 Å². The van der Waals surface area contributed by atoms with Crippen molar-refractivity contribution >= 4 is 13.0 Å². The van der Waals surface area contributed by atoms with Gasteiger partial charge in [-0.25, -0.2) is 4.99 Å². The normalized spacial score (nSPS) is 22.4. The van der Waals surface area contributed by atoms with Crippen LogP contribution in [0.25, 0.3) is 0 Å². The van der Waals surface area contributed by atoms with Crippen molar-refractivity contribution in [3.63, 3.8) is 0 Å². The summed E-state index contributed by atoms with van der Waals surface area (Å²) in [5.41, 5.74) is 2.31. The lowest BCUT2D eigenvalue weighted by molar-refractivity contribution is -0.108. The third-order valence-electron chi connectivity index (χ3n) is 5.76. The summed E-state index contributed by atoms with van der Waals surface area (Å²) in [6, 6.07) is 0.568. The standard InChI is InChI=1S/C23H37N3O/c1-4-9-21(19(2)25-22-11-6-5-7-12-22)13-14-23(24-3)26-16-8-10-20(18-26)15-17-27/h13-14,17,20,22,25H,2-12,15-16,18H2,1H3/b21-13+,23-14+. The Morgan fingerprint density at radius 3 is 2.63 bits per heavy atom. The van der Waals surface area contributed by atoms with Gasteiger partial charge in [0, 0.05) is 31.2 Å². The molecule has 2 aliphatic rings. The van der Waals surface area contributed by atoms with Gasteiger partial charge in [-0.15, -0.1) is 0 Å². The minimum absolute atomic E-state index is 0.434. The van der Waals surface area contributed by atoms with Gasteiger partial charge in [-0.05, 0) is 56.4 Å². The highest BCUT2D eigenvalue weighted by atomic mass is 16.1. The quantitative estimate of drug-likeness (QED) is 0.334. The molecule has 2 rings (SSSR count). The van der Waals surface area contributed by atoms with Gasteiger partial charge in [0.25, 0.3) is 0 Å². The van der Waals surface area contributed by atoms with Gasteiger partial charge >= 0.3 is 0 Å². The molecule has 1 saturated carbocycles. The molecule has 0 amide bonds. The number of carbonyl (C=O) groups is 1. The number of rotatable bonds is 10. The van der Waals surface area contributed by atoms with Gasteiger partial charge in [0.2, 0.25) is 0 Å². The Hall–Kier alpha value is -1.84. The van der Waals surface area contributed by atoms with E-state index in [1.54, 1.807) is 0 Å². The van der Waals surface area contributed by atoms with Gasteiger partial charge in [0.1, 0.15) is 12.1 Å². The van der Waals surface area contributed by atoms with Crippen molar-refractivity contribution in [1.82, 2.24) is 10.2 Å². The van der Waals surface area contributed by atoms with Gasteiger partial charge in [-0.2, -0.15) is 0 Å². The van der Waals surface area contributed by atoms with Crippen molar-refractivity contribution < 1.29 is 4.79 Å². The van der Waals surface area contributed by atoms with Crippen LogP contribution in [0.3, 0.4) is 0 Å². The molecular weight excluding hydrogens is 334 g/mol. The van der Waals surface area contributed by atoms with Crippen molar-refractivity contribution in [3.8, 4) is 0 Å². The minimum Gasteiger partial charge on any atom is -0.383 e. The second kappa shape index (κ2) is 11.8. The van der Waals surface area contributed by atoms with Crippen LogP contribution in [0.2, 0.25) is 0 Å². The zero-order chi connectivity index (χ0) is 19.5. The van der Waals surface area contributed by atoms with Crippen LogP contribution in [0, 0.1) is 5.92 Å². The summed E-state index contributed by atoms with van der Waals surface area (Å²) in [6.07, 6.45) is 16.7. The number of nitrogens with one attached hydrogen (secondary N) is 1. The average molecular weight is 372 g/mol. The Balaban J connectivity index is 2.05. The number of hydrogen-bond acceptors (Lipinski definition) is 4. The lowest BCUT2D eigenvalue weighted by Crippen LogP contribution is -2.34. The maximum Gasteiger partial charge on any atom is 0.127 e. The van der Waals surface area contributed by atoms with Crippen molar-refractivity contribution in [2.45, 2.75) is 77.2 Å². The van der Waals surface area contributed by atoms with E-state index in [1.807, 2.05) is 0 Å². The summed E-state index contributed by atoms with van der Waals surface area (Å²) in [5.74, 6) is 1.34. The third kappa shape index (κ3) is 7.00. The number of carbonyl (C=O) groups excluding carboxylic acids is 1. The molecule has 150 valence electrons. The molecule has 1 heterocycles. The monoisotopic (exact) mass is 371 g/mol. The molecule has 1 atom stereocenters. The van der Waals surface area contributed by atoms with E-state index in [9.17, 15) is 4.79 Å². The third-order valence-corrected chi connectivity index (χ3v) is 5.76. The first kappa shape index (κ1) is 21.5. The molecule has 4 heteroatoms. The molecule has 0 spiro atoms. The van der Waals surface area contributed by atoms with Crippen LogP contribution in [-0.2, 0) is 4.79 Å². The van der Waals surface area contributed by atoms with E-state index >= 15 is 0 Å². The molecule has 1 saturated heterocycles. The van der Waals surface area contributed by atoms with E-state index < -0.39 is 0 Å². The van der Waals surface area contributed by atoms with Crippen LogP contribution in [-0.4, -0.2) is 37.0 Å². The number of aldehydes is 1. The van der Waals surface area contributed by atoms with Gasteiger partial charge in [-0.3, -0.25) is 0 Å². The number of nitrogens with zero attached hydrogens (tertiary/aromatic N) is 2. The van der Waals surface area contributed by atoms with Crippen molar-refractivity contribution in [3.05, 3.63) is 35.8 Å². The fourth-order valence-electron chi connectivity index (χ4n) is 4.23. The highest BCUT2D eigenvalue weighted by molar-refractivity contribution is 5.49. The number of allylic oxidation sites excluding steroid dienone is 3. The summed E-state index contributed by atoms with van der Waals surface area (Å²) in [5, 5.41) is 3.66. The zero-order valence-electron chi connectivity index (χ0n) is 17.1.